The quantitative estimate of drug-likeness (QED) is 0.700. The van der Waals surface area contributed by atoms with Crippen molar-refractivity contribution >= 4 is 6.09 Å². The summed E-state index contributed by atoms with van der Waals surface area (Å²) in [6.07, 6.45) is -0.165. The van der Waals surface area contributed by atoms with Crippen molar-refractivity contribution in [1.29, 1.82) is 0 Å². The van der Waals surface area contributed by atoms with E-state index in [1.165, 1.54) is 0 Å². The molecule has 0 spiro atoms. The van der Waals surface area contributed by atoms with Crippen LogP contribution in [0.5, 0.6) is 0 Å². The van der Waals surface area contributed by atoms with Crippen LogP contribution in [0.25, 0.3) is 0 Å². The Balaban J connectivity index is 0.00000220. The second-order valence-electron chi connectivity index (χ2n) is 6.38. The van der Waals surface area contributed by atoms with E-state index in [0.29, 0.717) is 19.5 Å². The van der Waals surface area contributed by atoms with Gasteiger partial charge in [0.05, 0.1) is 6.10 Å². The molecule has 1 aromatic rings. The first kappa shape index (κ1) is 18.2. The molecule has 2 rings (SSSR count). The van der Waals surface area contributed by atoms with Crippen LogP contribution in [0.15, 0.2) is 30.3 Å². The second kappa shape index (κ2) is 7.42. The Morgan fingerprint density at radius 3 is 2.43 bits per heavy atom. The average Bonchev–Trinajstić information content (AvgIpc) is 2.37. The normalized spacial score (nSPS) is 22.4. The van der Waals surface area contributed by atoms with Crippen LogP contribution in [0.1, 0.15) is 38.7 Å². The molecule has 1 fully saturated rings. The maximum atomic E-state index is 12.1. The molecule has 0 radical (unpaired) electrons. The van der Waals surface area contributed by atoms with Crippen LogP contribution in [-0.2, 0) is 25.8 Å². The molecule has 0 aliphatic carbocycles. The number of ether oxygens (including phenoxy) is 1. The minimum atomic E-state index is -0.512. The van der Waals surface area contributed by atoms with Gasteiger partial charge in [0.2, 0.25) is 0 Å². The maximum Gasteiger partial charge on any atom is 0.410 e. The number of carbonyl (C=O) groups is 1. The first-order chi connectivity index (χ1) is 9.35. The van der Waals surface area contributed by atoms with Gasteiger partial charge in [0.1, 0.15) is 5.60 Å². The number of nitrogens with zero attached hydrogens (tertiary/aromatic N) is 1. The molecule has 1 heterocycles. The molecule has 0 aromatic heterocycles. The number of β-amino-alcohol motifs (C(OH)–C–C–N with tert-alkyl or cyclic N) is 1. The zero-order chi connectivity index (χ0) is 14.8. The molecule has 0 saturated carbocycles. The van der Waals surface area contributed by atoms with E-state index in [-0.39, 0.29) is 33.1 Å². The zero-order valence-electron chi connectivity index (χ0n) is 12.8. The van der Waals surface area contributed by atoms with Gasteiger partial charge in [-0.15, -0.1) is 0 Å². The molecule has 116 valence electrons. The fourth-order valence-electron chi connectivity index (χ4n) is 2.51. The summed E-state index contributed by atoms with van der Waals surface area (Å²) in [5, 5.41) is 10.0. The number of aliphatic hydroxyl groups is 1. The Morgan fingerprint density at radius 1 is 1.24 bits per heavy atom. The molecule has 1 N–H and O–H groups in total. The Labute approximate surface area is 140 Å². The molecule has 5 heteroatoms. The number of benzene rings is 1. The maximum absolute atomic E-state index is 12.1. The standard InChI is InChI=1S/C16H23NO3.W/c1-16(2,3)20-15(19)17-10-13(9-14(18)11-17)12-7-5-4-6-8-12;/h4-8,13-14,18H,9-11H2,1-3H3;. The number of hydrogen-bond acceptors (Lipinski definition) is 3. The molecule has 1 aromatic carbocycles. The van der Waals surface area contributed by atoms with E-state index in [1.54, 1.807) is 4.90 Å². The minimum Gasteiger partial charge on any atom is -0.444 e. The van der Waals surface area contributed by atoms with Gasteiger partial charge in [0.15, 0.2) is 0 Å². The Hall–Kier alpha value is -0.862. The summed E-state index contributed by atoms with van der Waals surface area (Å²) in [5.74, 6) is 0.160. The number of aliphatic hydroxyl groups excluding tert-OH is 1. The van der Waals surface area contributed by atoms with Gasteiger partial charge < -0.3 is 14.7 Å². The molecule has 1 amide bonds. The third-order valence-electron chi connectivity index (χ3n) is 3.35. The summed E-state index contributed by atoms with van der Waals surface area (Å²) in [5.41, 5.74) is 0.640. The van der Waals surface area contributed by atoms with Crippen molar-refractivity contribution in [3.8, 4) is 0 Å². The average molecular weight is 461 g/mol. The van der Waals surface area contributed by atoms with Crippen molar-refractivity contribution in [3.63, 3.8) is 0 Å². The number of likely N-dealkylation sites (tertiary alicyclic amines) is 1. The van der Waals surface area contributed by atoms with Gasteiger partial charge in [-0.25, -0.2) is 4.79 Å². The molecular weight excluding hydrogens is 438 g/mol. The van der Waals surface area contributed by atoms with Crippen LogP contribution < -0.4 is 0 Å². The monoisotopic (exact) mass is 461 g/mol. The van der Waals surface area contributed by atoms with E-state index in [0.717, 1.165) is 5.56 Å². The molecule has 2 unspecified atom stereocenters. The number of amides is 1. The largest absolute Gasteiger partial charge is 0.444 e. The van der Waals surface area contributed by atoms with Crippen LogP contribution in [0.2, 0.25) is 0 Å². The van der Waals surface area contributed by atoms with E-state index in [4.69, 9.17) is 4.74 Å². The first-order valence-corrected chi connectivity index (χ1v) is 7.06. The molecule has 21 heavy (non-hydrogen) atoms. The first-order valence-electron chi connectivity index (χ1n) is 7.06. The molecule has 4 nitrogen and oxygen atoms in total. The predicted octanol–water partition coefficient (Wildman–Crippen LogP) is 2.77. The summed E-state index contributed by atoms with van der Waals surface area (Å²) < 4.78 is 5.39. The molecule has 0 bridgehead atoms. The summed E-state index contributed by atoms with van der Waals surface area (Å²) in [7, 11) is 0. The van der Waals surface area contributed by atoms with Crippen LogP contribution in [-0.4, -0.2) is 40.9 Å². The van der Waals surface area contributed by atoms with Crippen molar-refractivity contribution in [3.05, 3.63) is 35.9 Å². The fraction of sp³-hybridized carbons (Fsp3) is 0.562. The number of carbonyl (C=O) groups excluding carboxylic acids is 1. The Bertz CT molecular complexity index is 458. The minimum absolute atomic E-state index is 0. The molecule has 1 aliphatic heterocycles. The molecular formula is C16H23NO3W. The summed E-state index contributed by atoms with van der Waals surface area (Å²) >= 11 is 0. The van der Waals surface area contributed by atoms with Crippen LogP contribution in [0.3, 0.4) is 0 Å². The van der Waals surface area contributed by atoms with Gasteiger partial charge in [-0.3, -0.25) is 0 Å². The van der Waals surface area contributed by atoms with E-state index in [1.807, 2.05) is 51.1 Å². The van der Waals surface area contributed by atoms with Gasteiger partial charge >= 0.3 is 6.09 Å². The third-order valence-corrected chi connectivity index (χ3v) is 3.35. The molecule has 1 saturated heterocycles. The molecule has 2 atom stereocenters. The summed E-state index contributed by atoms with van der Waals surface area (Å²) in [4.78, 5) is 13.7. The zero-order valence-corrected chi connectivity index (χ0v) is 15.7. The Morgan fingerprint density at radius 2 is 1.86 bits per heavy atom. The summed E-state index contributed by atoms with van der Waals surface area (Å²) in [6.45, 7) is 6.48. The third kappa shape index (κ3) is 5.44. The van der Waals surface area contributed by atoms with Crippen molar-refractivity contribution < 1.29 is 35.7 Å². The fourth-order valence-corrected chi connectivity index (χ4v) is 2.51. The van der Waals surface area contributed by atoms with Crippen molar-refractivity contribution in [2.24, 2.45) is 0 Å². The summed E-state index contributed by atoms with van der Waals surface area (Å²) in [6, 6.07) is 10.0. The van der Waals surface area contributed by atoms with Crippen molar-refractivity contribution in [2.45, 2.75) is 44.8 Å². The SMILES string of the molecule is CC(C)(C)OC(=O)N1CC(O)CC(c2ccccc2)C1.[W]. The smallest absolute Gasteiger partial charge is 0.410 e. The van der Waals surface area contributed by atoms with Gasteiger partial charge in [-0.05, 0) is 32.8 Å². The van der Waals surface area contributed by atoms with Gasteiger partial charge in [0.25, 0.3) is 0 Å². The second-order valence-corrected chi connectivity index (χ2v) is 6.38. The van der Waals surface area contributed by atoms with E-state index in [2.05, 4.69) is 0 Å². The number of hydrogen-bond donors (Lipinski definition) is 1. The predicted molar refractivity (Wildman–Crippen MR) is 77.6 cm³/mol. The van der Waals surface area contributed by atoms with E-state index in [9.17, 15) is 9.90 Å². The van der Waals surface area contributed by atoms with Crippen molar-refractivity contribution in [1.82, 2.24) is 4.90 Å². The van der Waals surface area contributed by atoms with Gasteiger partial charge in [0, 0.05) is 40.1 Å². The van der Waals surface area contributed by atoms with Crippen molar-refractivity contribution in [2.75, 3.05) is 13.1 Å². The number of rotatable bonds is 1. The molecule has 1 aliphatic rings. The van der Waals surface area contributed by atoms with Crippen LogP contribution >= 0.6 is 0 Å². The Kier molecular flexibility index (Phi) is 6.42. The topological polar surface area (TPSA) is 49.8 Å². The van der Waals surface area contributed by atoms with Crippen LogP contribution in [0.4, 0.5) is 4.79 Å². The van der Waals surface area contributed by atoms with E-state index < -0.39 is 11.7 Å². The van der Waals surface area contributed by atoms with E-state index >= 15 is 0 Å². The van der Waals surface area contributed by atoms with Crippen LogP contribution in [0, 0.1) is 0 Å². The van der Waals surface area contributed by atoms with Gasteiger partial charge in [-0.2, -0.15) is 0 Å². The number of piperidine rings is 1. The van der Waals surface area contributed by atoms with Gasteiger partial charge in [-0.1, -0.05) is 30.3 Å².